The third kappa shape index (κ3) is 18.0. The summed E-state index contributed by atoms with van der Waals surface area (Å²) in [6, 6.07) is 87.6. The molecule has 0 saturated heterocycles. The summed E-state index contributed by atoms with van der Waals surface area (Å²) in [5.74, 6) is -2.01. The van der Waals surface area contributed by atoms with Crippen molar-refractivity contribution in [3.8, 4) is 184 Å². The Morgan fingerprint density at radius 3 is 0.815 bits per heavy atom. The zero-order chi connectivity index (χ0) is 99.5. The maximum Gasteiger partial charge on any atom is 0.320 e. The number of ether oxygens (including phenoxy) is 4. The second-order valence-corrected chi connectivity index (χ2v) is 37.3. The van der Waals surface area contributed by atoms with Crippen LogP contribution in [0.15, 0.2) is 279 Å². The lowest BCUT2D eigenvalue weighted by Crippen LogP contribution is -2.14. The smallest absolute Gasteiger partial charge is 0.320 e. The van der Waals surface area contributed by atoms with Crippen molar-refractivity contribution >= 4 is 108 Å². The van der Waals surface area contributed by atoms with E-state index in [1.54, 1.807) is 0 Å². The molecule has 0 aliphatic heterocycles. The normalized spacial score (nSPS) is 14.1. The molecule has 28 heteroatoms. The van der Waals surface area contributed by atoms with Crippen molar-refractivity contribution in [1.29, 1.82) is 0 Å². The highest BCUT2D eigenvalue weighted by molar-refractivity contribution is 6.26. The molecule has 0 atom stereocenters. The Morgan fingerprint density at radius 2 is 0.425 bits per heavy atom. The van der Waals surface area contributed by atoms with E-state index in [1.807, 2.05) is 127 Å². The van der Waals surface area contributed by atoms with Crippen LogP contribution < -0.4 is 18.9 Å². The van der Waals surface area contributed by atoms with Gasteiger partial charge in [-0.2, -0.15) is 39.9 Å². The molecule has 146 heavy (non-hydrogen) atoms. The fraction of sp³-hybridized carbons (Fsp3) is 0.169. The van der Waals surface area contributed by atoms with Crippen LogP contribution in [-0.4, -0.2) is 146 Å². The summed E-state index contributed by atoms with van der Waals surface area (Å²) in [6.45, 7) is 0. The Morgan fingerprint density at radius 1 is 0.171 bits per heavy atom. The van der Waals surface area contributed by atoms with Gasteiger partial charge in [0.2, 0.25) is 0 Å². The Kier molecular flexibility index (Phi) is 24.2. The van der Waals surface area contributed by atoms with Gasteiger partial charge in [0.1, 0.15) is 116 Å². The number of phenolic OH excluding ortho intramolecular Hbond substituents is 12. The molecule has 722 valence electrons. The van der Waals surface area contributed by atoms with Gasteiger partial charge in [-0.3, -0.25) is 0 Å². The first-order chi connectivity index (χ1) is 71.2. The summed E-state index contributed by atoms with van der Waals surface area (Å²) in [4.78, 5) is 55.4. The fourth-order valence-corrected chi connectivity index (χ4v) is 21.0. The first kappa shape index (κ1) is 91.4. The summed E-state index contributed by atoms with van der Waals surface area (Å²) < 4.78 is 24.6. The van der Waals surface area contributed by atoms with E-state index in [4.69, 9.17) is 43.9 Å². The first-order valence-corrected chi connectivity index (χ1v) is 48.8. The van der Waals surface area contributed by atoms with E-state index in [0.29, 0.717) is 23.3 Å². The minimum absolute atomic E-state index is 0.00302. The van der Waals surface area contributed by atoms with Gasteiger partial charge >= 0.3 is 24.0 Å². The summed E-state index contributed by atoms with van der Waals surface area (Å²) in [5.41, 5.74) is 3.21. The number of fused-ring (bicyclic) bond motifs is 10. The minimum atomic E-state index is -0.342. The molecule has 22 aromatic rings. The average Bonchev–Trinajstić information content (AvgIpc) is 0.812. The van der Waals surface area contributed by atoms with E-state index in [0.717, 1.165) is 276 Å². The Labute approximate surface area is 833 Å². The highest BCUT2D eigenvalue weighted by Gasteiger charge is 2.32. The van der Waals surface area contributed by atoms with Gasteiger partial charge in [0.25, 0.3) is 0 Å². The van der Waals surface area contributed by atoms with Gasteiger partial charge in [0.05, 0.1) is 0 Å². The topological polar surface area (TPSA) is 434 Å². The van der Waals surface area contributed by atoms with Crippen molar-refractivity contribution in [2.24, 2.45) is 0 Å². The molecule has 0 amide bonds. The second-order valence-electron chi connectivity index (χ2n) is 37.3. The first-order valence-electron chi connectivity index (χ1n) is 48.8. The van der Waals surface area contributed by atoms with Crippen molar-refractivity contribution < 1.29 is 80.2 Å². The molecule has 4 heterocycles. The summed E-state index contributed by atoms with van der Waals surface area (Å²) in [5, 5.41) is 145. The van der Waals surface area contributed by atoms with Crippen LogP contribution >= 0.6 is 0 Å². The molecule has 0 radical (unpaired) electrons. The number of phenols is 12. The van der Waals surface area contributed by atoms with Crippen LogP contribution in [-0.2, 0) is 0 Å². The van der Waals surface area contributed by atoms with Crippen molar-refractivity contribution in [3.05, 3.63) is 279 Å². The van der Waals surface area contributed by atoms with Gasteiger partial charge < -0.3 is 80.2 Å². The van der Waals surface area contributed by atoms with Crippen LogP contribution in [0.4, 0.5) is 0 Å². The average molecular weight is 1940 g/mol. The largest absolute Gasteiger partial charge is 0.508 e. The standard InChI is InChI=1S/C32H25N3O4.C30H23N3O4.2C28H23N3O4/c36-19-15-27(37)29(28(38)16-19)31-33-30(34-32(35-31)39-20-8-2-3-9-20)26-17-25-21-10-4-1-7-18(21)13-14-24(25)22-11-5-6-12-23(22)26;34-19-14-23(35)27(24(36)15-19)29-31-28(32-30(33-29)37-20-6-1-2-7-20)22-13-11-18-9-8-16-4-3-5-17-10-12-21(22)26(18)25(16)17;32-18-14-22(33)25(23(34)15-18)27-29-26(30-28(31-27)35-19-9-3-4-10-19)24-20-11-5-1-7-16(20)13-17-8-2-6-12-21(17)24;32-17-14-23(33)25(24(34)15-17)27-29-26(30-28(31-27)35-18-8-2-3-9-18)22-13-16-7-1-4-10-19(16)20-11-5-6-12-21(20)22/h1,4-7,10-17,20,36-38H,2-3,8-9H2;3-5,8-15,20,34-36H,1-2,6-7H2;1-2,5-8,11-15,19,32-34H,3-4,9-10H2;1,4-7,10-15,18,32-34H,2-3,8-9H2. The van der Waals surface area contributed by atoms with E-state index < -0.39 is 0 Å². The third-order valence-electron chi connectivity index (χ3n) is 27.8. The number of rotatable bonds is 16. The Balaban J connectivity index is 0.000000108. The maximum atomic E-state index is 10.6. The zero-order valence-corrected chi connectivity index (χ0v) is 78.5. The lowest BCUT2D eigenvalue weighted by Gasteiger charge is -2.16. The molecule has 0 bridgehead atoms. The molecule has 4 aromatic heterocycles. The monoisotopic (exact) mass is 1930 g/mol. The lowest BCUT2D eigenvalue weighted by molar-refractivity contribution is 0.192. The number of hydrogen-bond donors (Lipinski definition) is 12. The zero-order valence-electron chi connectivity index (χ0n) is 78.5. The van der Waals surface area contributed by atoms with Crippen molar-refractivity contribution in [1.82, 2.24) is 59.8 Å². The highest BCUT2D eigenvalue weighted by atomic mass is 16.5. The van der Waals surface area contributed by atoms with Crippen LogP contribution in [0.5, 0.6) is 93.0 Å². The van der Waals surface area contributed by atoms with Gasteiger partial charge in [0.15, 0.2) is 46.6 Å². The number of hydrogen-bond acceptors (Lipinski definition) is 28. The van der Waals surface area contributed by atoms with E-state index >= 15 is 0 Å². The molecule has 0 unspecified atom stereocenters. The van der Waals surface area contributed by atoms with Crippen molar-refractivity contribution in [2.75, 3.05) is 0 Å². The van der Waals surface area contributed by atoms with Crippen LogP contribution in [0.1, 0.15) is 103 Å². The van der Waals surface area contributed by atoms with E-state index in [-0.39, 0.29) is 163 Å². The van der Waals surface area contributed by atoms with Crippen molar-refractivity contribution in [2.45, 2.75) is 127 Å². The van der Waals surface area contributed by atoms with Gasteiger partial charge in [-0.1, -0.05) is 206 Å². The second kappa shape index (κ2) is 38.6. The number of benzene rings is 18. The molecular formula is C118H94N12O16. The van der Waals surface area contributed by atoms with Crippen LogP contribution in [0.2, 0.25) is 0 Å². The Hall–Kier alpha value is -18.3. The quantitative estimate of drug-likeness (QED) is 0.0316. The molecule has 4 aliphatic carbocycles. The minimum Gasteiger partial charge on any atom is -0.508 e. The van der Waals surface area contributed by atoms with Gasteiger partial charge in [0, 0.05) is 70.8 Å². The van der Waals surface area contributed by atoms with E-state index in [2.05, 4.69) is 138 Å². The molecule has 12 N–H and O–H groups in total. The molecule has 0 spiro atoms. The third-order valence-corrected chi connectivity index (χ3v) is 27.8. The molecule has 4 saturated carbocycles. The van der Waals surface area contributed by atoms with E-state index in [1.165, 1.54) is 5.39 Å². The molecule has 18 aromatic carbocycles. The molecule has 28 nitrogen and oxygen atoms in total. The summed E-state index contributed by atoms with van der Waals surface area (Å²) in [7, 11) is 0. The van der Waals surface area contributed by atoms with Crippen LogP contribution in [0, 0.1) is 0 Å². The summed E-state index contributed by atoms with van der Waals surface area (Å²) >= 11 is 0. The van der Waals surface area contributed by atoms with Gasteiger partial charge in [-0.15, -0.1) is 0 Å². The molecule has 4 fully saturated rings. The van der Waals surface area contributed by atoms with Crippen molar-refractivity contribution in [3.63, 3.8) is 0 Å². The van der Waals surface area contributed by atoms with Gasteiger partial charge in [-0.05, 0) is 235 Å². The van der Waals surface area contributed by atoms with Crippen LogP contribution in [0.25, 0.3) is 199 Å². The maximum absolute atomic E-state index is 10.6. The SMILES string of the molecule is Oc1cc(O)c(-c2nc(OC3CCCC3)nc(-c3c4ccccc4cc4ccccc34)n2)c(O)c1.Oc1cc(O)c(-c2nc(OC3CCCC3)nc(-c3cc4c5ccccc5ccc4c4ccccc34)n2)c(O)c1.Oc1cc(O)c(-c2nc(OC3CCCC3)nc(-c3cc4ccccc4c4ccccc34)n2)c(O)c1.Oc1cc(O)c(-c2nc(OC3CCCC3)nc(-c3ccc4ccc5cccc6ccc3c4c56)n2)c(O)c1. The van der Waals surface area contributed by atoms with E-state index in [9.17, 15) is 61.3 Å². The number of aromatic nitrogens is 12. The molecular weight excluding hydrogens is 1840 g/mol. The molecule has 26 rings (SSSR count). The lowest BCUT2D eigenvalue weighted by atomic mass is 9.92. The number of aromatic hydroxyl groups is 12. The van der Waals surface area contributed by atoms with Gasteiger partial charge in [-0.25, -0.2) is 19.9 Å². The summed E-state index contributed by atoms with van der Waals surface area (Å²) in [6.07, 6.45) is 16.0. The highest BCUT2D eigenvalue weighted by Crippen LogP contribution is 2.50. The number of nitrogens with zero attached hydrogens (tertiary/aromatic N) is 12. The Bertz CT molecular complexity index is 8720. The predicted octanol–water partition coefficient (Wildman–Crippen LogP) is 25.5. The van der Waals surface area contributed by atoms with Crippen LogP contribution in [0.3, 0.4) is 0 Å². The molecule has 4 aliphatic rings. The fourth-order valence-electron chi connectivity index (χ4n) is 21.0. The predicted molar refractivity (Wildman–Crippen MR) is 561 cm³/mol.